The lowest BCUT2D eigenvalue weighted by Gasteiger charge is -2.26. The topological polar surface area (TPSA) is 75.6 Å². The fourth-order valence-electron chi connectivity index (χ4n) is 3.02. The van der Waals surface area contributed by atoms with Crippen molar-refractivity contribution < 1.29 is 19.4 Å². The number of nitrogens with one attached hydrogen (secondary N) is 1. The Hall–Kier alpha value is -2.34. The zero-order chi connectivity index (χ0) is 17.8. The van der Waals surface area contributed by atoms with E-state index >= 15 is 0 Å². The number of amides is 1. The van der Waals surface area contributed by atoms with Crippen LogP contribution in [0.15, 0.2) is 46.9 Å². The second-order valence-corrected chi connectivity index (χ2v) is 6.86. The molecule has 0 aliphatic heterocycles. The van der Waals surface area contributed by atoms with Crippen molar-refractivity contribution >= 4 is 27.8 Å². The molecule has 1 amide bonds. The molecule has 1 unspecified atom stereocenters. The van der Waals surface area contributed by atoms with E-state index in [-0.39, 0.29) is 29.9 Å². The lowest BCUT2D eigenvalue weighted by atomic mass is 9.88. The molecule has 0 radical (unpaired) electrons. The number of halogens is 1. The Morgan fingerprint density at radius 2 is 2.04 bits per heavy atom. The van der Waals surface area contributed by atoms with Crippen LogP contribution in [0.5, 0.6) is 5.75 Å². The summed E-state index contributed by atoms with van der Waals surface area (Å²) in [6.45, 7) is -0.385. The molecule has 0 fully saturated rings. The minimum atomic E-state index is -0.738. The molecule has 0 bridgehead atoms. The second kappa shape index (κ2) is 7.70. The summed E-state index contributed by atoms with van der Waals surface area (Å²) in [6, 6.07) is 12.4. The molecule has 6 heteroatoms. The van der Waals surface area contributed by atoms with Gasteiger partial charge in [-0.25, -0.2) is 4.79 Å². The zero-order valence-electron chi connectivity index (χ0n) is 13.5. The van der Waals surface area contributed by atoms with E-state index in [1.807, 2.05) is 18.2 Å². The molecule has 2 aromatic carbocycles. The van der Waals surface area contributed by atoms with Gasteiger partial charge in [-0.15, -0.1) is 0 Å². The standard InChI is InChI=1S/C19H18BrNO4/c20-13-8-9-17(22)15(10-13)19(24)25-11-18(23)21-16-7-3-5-12-4-1-2-6-14(12)16/h1-2,4,6,8-10,16,22H,3,5,7,11H2,(H,21,23). The number of carbonyl (C=O) groups is 2. The highest BCUT2D eigenvalue weighted by molar-refractivity contribution is 9.10. The Kier molecular flexibility index (Phi) is 5.38. The minimum absolute atomic E-state index is 0.0187. The summed E-state index contributed by atoms with van der Waals surface area (Å²) in [4.78, 5) is 24.2. The number of phenols is 1. The highest BCUT2D eigenvalue weighted by Gasteiger charge is 2.22. The van der Waals surface area contributed by atoms with Crippen molar-refractivity contribution in [2.75, 3.05) is 6.61 Å². The Morgan fingerprint density at radius 1 is 1.24 bits per heavy atom. The van der Waals surface area contributed by atoms with Crippen molar-refractivity contribution in [2.45, 2.75) is 25.3 Å². The van der Waals surface area contributed by atoms with Gasteiger partial charge in [0.25, 0.3) is 5.91 Å². The van der Waals surface area contributed by atoms with Crippen LogP contribution in [0.3, 0.4) is 0 Å². The Morgan fingerprint density at radius 3 is 2.88 bits per heavy atom. The van der Waals surface area contributed by atoms with E-state index in [0.29, 0.717) is 4.47 Å². The monoisotopic (exact) mass is 403 g/mol. The average Bonchev–Trinajstić information content (AvgIpc) is 2.62. The molecule has 1 atom stereocenters. The molecule has 0 heterocycles. The first kappa shape index (κ1) is 17.5. The number of ether oxygens (including phenoxy) is 1. The second-order valence-electron chi connectivity index (χ2n) is 5.95. The first-order chi connectivity index (χ1) is 12.0. The summed E-state index contributed by atoms with van der Waals surface area (Å²) in [5, 5.41) is 12.6. The summed E-state index contributed by atoms with van der Waals surface area (Å²) in [7, 11) is 0. The van der Waals surface area contributed by atoms with Gasteiger partial charge in [0.05, 0.1) is 6.04 Å². The fourth-order valence-corrected chi connectivity index (χ4v) is 3.38. The molecule has 3 rings (SSSR count). The van der Waals surface area contributed by atoms with E-state index in [9.17, 15) is 14.7 Å². The summed E-state index contributed by atoms with van der Waals surface area (Å²) in [5.74, 6) is -1.28. The average molecular weight is 404 g/mol. The molecule has 2 aromatic rings. The Labute approximate surface area is 154 Å². The maximum absolute atomic E-state index is 12.1. The van der Waals surface area contributed by atoms with Crippen LogP contribution >= 0.6 is 15.9 Å². The molecule has 0 aromatic heterocycles. The maximum atomic E-state index is 12.1. The molecule has 0 saturated heterocycles. The van der Waals surface area contributed by atoms with Gasteiger partial charge in [0, 0.05) is 4.47 Å². The number of hydrogen-bond acceptors (Lipinski definition) is 4. The van der Waals surface area contributed by atoms with Crippen LogP contribution in [0.25, 0.3) is 0 Å². The van der Waals surface area contributed by atoms with Gasteiger partial charge in [0.2, 0.25) is 0 Å². The van der Waals surface area contributed by atoms with Crippen LogP contribution in [0.1, 0.15) is 40.4 Å². The van der Waals surface area contributed by atoms with Gasteiger partial charge >= 0.3 is 5.97 Å². The number of fused-ring (bicyclic) bond motifs is 1. The smallest absolute Gasteiger partial charge is 0.342 e. The first-order valence-electron chi connectivity index (χ1n) is 8.07. The molecule has 2 N–H and O–H groups in total. The molecule has 0 saturated carbocycles. The van der Waals surface area contributed by atoms with Gasteiger partial charge < -0.3 is 15.2 Å². The van der Waals surface area contributed by atoms with E-state index in [1.54, 1.807) is 6.07 Å². The minimum Gasteiger partial charge on any atom is -0.507 e. The molecule has 5 nitrogen and oxygen atoms in total. The van der Waals surface area contributed by atoms with E-state index in [0.717, 1.165) is 24.8 Å². The van der Waals surface area contributed by atoms with Gasteiger partial charge in [-0.1, -0.05) is 40.2 Å². The number of rotatable bonds is 4. The number of aryl methyl sites for hydroxylation is 1. The summed E-state index contributed by atoms with van der Waals surface area (Å²) in [5.41, 5.74) is 2.39. The van der Waals surface area contributed by atoms with Gasteiger partial charge in [0.15, 0.2) is 6.61 Å². The third kappa shape index (κ3) is 4.20. The predicted octanol–water partition coefficient (Wildman–Crippen LogP) is 3.51. The Bertz CT molecular complexity index is 806. The number of benzene rings is 2. The zero-order valence-corrected chi connectivity index (χ0v) is 15.1. The third-order valence-electron chi connectivity index (χ3n) is 4.22. The van der Waals surface area contributed by atoms with Crippen LogP contribution in [0.2, 0.25) is 0 Å². The number of esters is 1. The third-order valence-corrected chi connectivity index (χ3v) is 4.71. The normalized spacial score (nSPS) is 16.0. The summed E-state index contributed by atoms with van der Waals surface area (Å²) in [6.07, 6.45) is 2.89. The number of aromatic hydroxyl groups is 1. The van der Waals surface area contributed by atoms with Crippen molar-refractivity contribution in [2.24, 2.45) is 0 Å². The SMILES string of the molecule is O=C(COC(=O)c1cc(Br)ccc1O)NC1CCCc2ccccc21. The highest BCUT2D eigenvalue weighted by atomic mass is 79.9. The predicted molar refractivity (Wildman–Crippen MR) is 96.4 cm³/mol. The summed E-state index contributed by atoms with van der Waals surface area (Å²) >= 11 is 3.23. The van der Waals surface area contributed by atoms with Crippen LogP contribution in [-0.2, 0) is 16.0 Å². The molecular formula is C19H18BrNO4. The van der Waals surface area contributed by atoms with Crippen molar-refractivity contribution in [3.8, 4) is 5.75 Å². The molecular weight excluding hydrogens is 386 g/mol. The van der Waals surface area contributed by atoms with E-state index in [1.165, 1.54) is 17.7 Å². The lowest BCUT2D eigenvalue weighted by molar-refractivity contribution is -0.125. The number of phenolic OH excluding ortho intramolecular Hbond substituents is 1. The van der Waals surface area contributed by atoms with Crippen molar-refractivity contribution in [3.05, 3.63) is 63.6 Å². The Balaban J connectivity index is 1.59. The summed E-state index contributed by atoms with van der Waals surface area (Å²) < 4.78 is 5.66. The highest BCUT2D eigenvalue weighted by Crippen LogP contribution is 2.29. The number of hydrogen-bond donors (Lipinski definition) is 2. The van der Waals surface area contributed by atoms with Gasteiger partial charge in [-0.3, -0.25) is 4.79 Å². The maximum Gasteiger partial charge on any atom is 0.342 e. The van der Waals surface area contributed by atoms with Crippen molar-refractivity contribution in [1.29, 1.82) is 0 Å². The number of carbonyl (C=O) groups excluding carboxylic acids is 2. The fraction of sp³-hybridized carbons (Fsp3) is 0.263. The van der Waals surface area contributed by atoms with E-state index in [4.69, 9.17) is 4.74 Å². The van der Waals surface area contributed by atoms with Crippen LogP contribution < -0.4 is 5.32 Å². The van der Waals surface area contributed by atoms with Gasteiger partial charge in [0.1, 0.15) is 11.3 Å². The van der Waals surface area contributed by atoms with E-state index in [2.05, 4.69) is 27.3 Å². The van der Waals surface area contributed by atoms with Crippen LogP contribution in [-0.4, -0.2) is 23.6 Å². The molecule has 1 aliphatic carbocycles. The lowest BCUT2D eigenvalue weighted by Crippen LogP contribution is -2.34. The van der Waals surface area contributed by atoms with Gasteiger partial charge in [-0.05, 0) is 48.6 Å². The largest absolute Gasteiger partial charge is 0.507 e. The quantitative estimate of drug-likeness (QED) is 0.765. The van der Waals surface area contributed by atoms with Gasteiger partial charge in [-0.2, -0.15) is 0 Å². The molecule has 130 valence electrons. The van der Waals surface area contributed by atoms with E-state index < -0.39 is 5.97 Å². The molecule has 25 heavy (non-hydrogen) atoms. The van der Waals surface area contributed by atoms with Crippen LogP contribution in [0, 0.1) is 0 Å². The van der Waals surface area contributed by atoms with Crippen molar-refractivity contribution in [3.63, 3.8) is 0 Å². The molecule has 1 aliphatic rings. The van der Waals surface area contributed by atoms with Crippen molar-refractivity contribution in [1.82, 2.24) is 5.32 Å². The van der Waals surface area contributed by atoms with Crippen LogP contribution in [0.4, 0.5) is 0 Å². The first-order valence-corrected chi connectivity index (χ1v) is 8.86. The molecule has 0 spiro atoms.